The fourth-order valence-electron chi connectivity index (χ4n) is 1.47. The van der Waals surface area contributed by atoms with Crippen molar-refractivity contribution in [3.63, 3.8) is 0 Å². The zero-order valence-electron chi connectivity index (χ0n) is 8.40. The van der Waals surface area contributed by atoms with Crippen molar-refractivity contribution in [3.05, 3.63) is 41.3 Å². The van der Waals surface area contributed by atoms with Crippen LogP contribution in [0.3, 0.4) is 0 Å². The molecule has 0 radical (unpaired) electrons. The van der Waals surface area contributed by atoms with Gasteiger partial charge in [0.1, 0.15) is 11.3 Å². The third-order valence-electron chi connectivity index (χ3n) is 2.22. The number of halogens is 2. The quantitative estimate of drug-likeness (QED) is 0.835. The van der Waals surface area contributed by atoms with Gasteiger partial charge in [0.05, 0.1) is 11.3 Å². The van der Waals surface area contributed by atoms with Crippen LogP contribution in [-0.4, -0.2) is 16.1 Å². The average molecular weight is 242 g/mol. The molecule has 3 nitrogen and oxygen atoms in total. The summed E-state index contributed by atoms with van der Waals surface area (Å²) in [5.41, 5.74) is 0.633. The number of rotatable bonds is 1. The van der Waals surface area contributed by atoms with E-state index in [1.165, 1.54) is 18.2 Å². The van der Waals surface area contributed by atoms with E-state index in [0.717, 1.165) is 0 Å². The number of carboxylic acid groups (broad SMARTS) is 1. The number of carbonyl (C=O) groups is 1. The number of aryl methyl sites for hydroxylation is 1. The number of para-hydroxylation sites is 1. The molecule has 0 unspecified atom stereocenters. The van der Waals surface area contributed by atoms with Crippen molar-refractivity contribution in [1.82, 2.24) is 4.98 Å². The largest absolute Gasteiger partial charge is 0.478 e. The van der Waals surface area contributed by atoms with Gasteiger partial charge in [0, 0.05) is 5.39 Å². The van der Waals surface area contributed by atoms with Crippen LogP contribution in [0.25, 0.3) is 10.9 Å². The van der Waals surface area contributed by atoms with Crippen molar-refractivity contribution >= 4 is 29.3 Å². The van der Waals surface area contributed by atoms with Crippen LogP contribution in [0.15, 0.2) is 24.3 Å². The first kappa shape index (κ1) is 12.4. The van der Waals surface area contributed by atoms with Gasteiger partial charge in [0.25, 0.3) is 0 Å². The second-order valence-electron chi connectivity index (χ2n) is 3.24. The summed E-state index contributed by atoms with van der Waals surface area (Å²) in [4.78, 5) is 14.8. The predicted molar refractivity (Wildman–Crippen MR) is 60.6 cm³/mol. The minimum Gasteiger partial charge on any atom is -0.478 e. The summed E-state index contributed by atoms with van der Waals surface area (Å²) < 4.78 is 13.3. The molecule has 16 heavy (non-hydrogen) atoms. The Morgan fingerprint density at radius 2 is 2.12 bits per heavy atom. The Labute approximate surface area is 97.3 Å². The fourth-order valence-corrected chi connectivity index (χ4v) is 1.47. The second kappa shape index (κ2) is 4.45. The second-order valence-corrected chi connectivity index (χ2v) is 3.24. The summed E-state index contributed by atoms with van der Waals surface area (Å²) in [5.74, 6) is -1.49. The minimum atomic E-state index is -1.05. The van der Waals surface area contributed by atoms with Crippen LogP contribution < -0.4 is 0 Å². The first-order valence-corrected chi connectivity index (χ1v) is 4.39. The average Bonchev–Trinajstić information content (AvgIpc) is 2.18. The van der Waals surface area contributed by atoms with Crippen LogP contribution in [-0.2, 0) is 0 Å². The molecule has 0 aliphatic rings. The van der Waals surface area contributed by atoms with E-state index in [2.05, 4.69) is 4.98 Å². The molecule has 5 heteroatoms. The van der Waals surface area contributed by atoms with Gasteiger partial charge in [-0.2, -0.15) is 0 Å². The summed E-state index contributed by atoms with van der Waals surface area (Å²) in [6, 6.07) is 5.90. The number of aromatic carboxylic acids is 1. The number of pyridine rings is 1. The van der Waals surface area contributed by atoms with Crippen molar-refractivity contribution in [2.75, 3.05) is 0 Å². The van der Waals surface area contributed by atoms with E-state index in [0.29, 0.717) is 11.1 Å². The maximum atomic E-state index is 13.3. The van der Waals surface area contributed by atoms with Crippen LogP contribution in [0.2, 0.25) is 0 Å². The van der Waals surface area contributed by atoms with Crippen LogP contribution >= 0.6 is 12.4 Å². The van der Waals surface area contributed by atoms with E-state index in [1.54, 1.807) is 13.0 Å². The molecule has 0 amide bonds. The molecule has 0 saturated heterocycles. The van der Waals surface area contributed by atoms with Crippen LogP contribution in [0.5, 0.6) is 0 Å². The van der Waals surface area contributed by atoms with Crippen molar-refractivity contribution in [2.24, 2.45) is 0 Å². The summed E-state index contributed by atoms with van der Waals surface area (Å²) in [6.07, 6.45) is 0. The first-order chi connectivity index (χ1) is 7.09. The zero-order chi connectivity index (χ0) is 11.0. The Morgan fingerprint density at radius 1 is 1.44 bits per heavy atom. The van der Waals surface area contributed by atoms with Gasteiger partial charge in [0.2, 0.25) is 0 Å². The number of hydrogen-bond donors (Lipinski definition) is 1. The van der Waals surface area contributed by atoms with Crippen molar-refractivity contribution < 1.29 is 14.3 Å². The summed E-state index contributed by atoms with van der Waals surface area (Å²) >= 11 is 0. The Kier molecular flexibility index (Phi) is 3.44. The lowest BCUT2D eigenvalue weighted by molar-refractivity contribution is 0.0696. The highest BCUT2D eigenvalue weighted by Crippen LogP contribution is 2.18. The Bertz CT molecular complexity index is 557. The van der Waals surface area contributed by atoms with Gasteiger partial charge >= 0.3 is 5.97 Å². The molecule has 0 aliphatic carbocycles. The van der Waals surface area contributed by atoms with Gasteiger partial charge in [-0.1, -0.05) is 12.1 Å². The minimum absolute atomic E-state index is 0. The van der Waals surface area contributed by atoms with E-state index in [-0.39, 0.29) is 23.5 Å². The fraction of sp³-hybridized carbons (Fsp3) is 0.0909. The lowest BCUT2D eigenvalue weighted by Gasteiger charge is -2.03. The standard InChI is InChI=1S/C11H8FNO2.ClH/c1-6-8(11(14)15)5-7-3-2-4-9(12)10(7)13-6;/h2-5H,1H3,(H,14,15);1H. The number of fused-ring (bicyclic) bond motifs is 1. The SMILES string of the molecule is Cc1nc2c(F)cccc2cc1C(=O)O.Cl. The van der Waals surface area contributed by atoms with Gasteiger partial charge in [-0.3, -0.25) is 0 Å². The van der Waals surface area contributed by atoms with Crippen LogP contribution in [0.4, 0.5) is 4.39 Å². The number of hydrogen-bond acceptors (Lipinski definition) is 2. The number of aromatic nitrogens is 1. The molecule has 0 atom stereocenters. The number of nitrogens with zero attached hydrogens (tertiary/aromatic N) is 1. The molecule has 2 rings (SSSR count). The highest BCUT2D eigenvalue weighted by molar-refractivity contribution is 5.94. The molecule has 1 aromatic heterocycles. The van der Waals surface area contributed by atoms with Crippen LogP contribution in [0.1, 0.15) is 16.1 Å². The molecule has 1 N–H and O–H groups in total. The normalized spacial score (nSPS) is 9.88. The lowest BCUT2D eigenvalue weighted by atomic mass is 10.1. The van der Waals surface area contributed by atoms with Crippen molar-refractivity contribution in [1.29, 1.82) is 0 Å². The molecular weight excluding hydrogens is 233 g/mol. The monoisotopic (exact) mass is 241 g/mol. The van der Waals surface area contributed by atoms with Crippen LogP contribution in [0, 0.1) is 12.7 Å². The van der Waals surface area contributed by atoms with E-state index in [1.807, 2.05) is 0 Å². The molecule has 0 spiro atoms. The lowest BCUT2D eigenvalue weighted by Crippen LogP contribution is -2.02. The van der Waals surface area contributed by atoms with E-state index in [9.17, 15) is 9.18 Å². The summed E-state index contributed by atoms with van der Waals surface area (Å²) in [7, 11) is 0. The summed E-state index contributed by atoms with van der Waals surface area (Å²) in [5, 5.41) is 9.36. The van der Waals surface area contributed by atoms with E-state index >= 15 is 0 Å². The topological polar surface area (TPSA) is 50.2 Å². The number of carboxylic acids is 1. The van der Waals surface area contributed by atoms with Crippen molar-refractivity contribution in [3.8, 4) is 0 Å². The van der Waals surface area contributed by atoms with E-state index in [4.69, 9.17) is 5.11 Å². The third kappa shape index (κ3) is 1.97. The zero-order valence-corrected chi connectivity index (χ0v) is 9.21. The molecule has 0 aliphatic heterocycles. The predicted octanol–water partition coefficient (Wildman–Crippen LogP) is 2.80. The molecule has 84 valence electrons. The molecule has 0 saturated carbocycles. The third-order valence-corrected chi connectivity index (χ3v) is 2.22. The molecule has 0 fully saturated rings. The van der Waals surface area contributed by atoms with Gasteiger partial charge < -0.3 is 5.11 Å². The van der Waals surface area contributed by atoms with Gasteiger partial charge in [0.15, 0.2) is 0 Å². The molecular formula is C11H9ClFNO2. The van der Waals surface area contributed by atoms with Gasteiger partial charge in [-0.15, -0.1) is 12.4 Å². The summed E-state index contributed by atoms with van der Waals surface area (Å²) in [6.45, 7) is 1.55. The van der Waals surface area contributed by atoms with Gasteiger partial charge in [-0.25, -0.2) is 14.2 Å². The first-order valence-electron chi connectivity index (χ1n) is 4.39. The van der Waals surface area contributed by atoms with E-state index < -0.39 is 11.8 Å². The van der Waals surface area contributed by atoms with Gasteiger partial charge in [-0.05, 0) is 19.1 Å². The Balaban J connectivity index is 0.00000128. The highest BCUT2D eigenvalue weighted by atomic mass is 35.5. The molecule has 2 aromatic rings. The Morgan fingerprint density at radius 3 is 2.75 bits per heavy atom. The smallest absolute Gasteiger partial charge is 0.337 e. The maximum Gasteiger partial charge on any atom is 0.337 e. The number of benzene rings is 1. The molecule has 0 bridgehead atoms. The Hall–Kier alpha value is -1.68. The maximum absolute atomic E-state index is 13.3. The highest BCUT2D eigenvalue weighted by Gasteiger charge is 2.11. The molecule has 1 aromatic carbocycles. The van der Waals surface area contributed by atoms with Crippen molar-refractivity contribution in [2.45, 2.75) is 6.92 Å². The molecule has 1 heterocycles.